The number of aliphatic hydroxyl groups is 1. The van der Waals surface area contributed by atoms with Gasteiger partial charge in [-0.3, -0.25) is 0 Å². The summed E-state index contributed by atoms with van der Waals surface area (Å²) in [5, 5.41) is 12.4. The largest absolute Gasteiger partial charge is 0.396 e. The van der Waals surface area contributed by atoms with Gasteiger partial charge >= 0.3 is 0 Å². The van der Waals surface area contributed by atoms with E-state index in [0.29, 0.717) is 12.0 Å². The summed E-state index contributed by atoms with van der Waals surface area (Å²) in [5.41, 5.74) is 0. The number of aliphatic hydroxyl groups excluding tert-OH is 1. The Bertz CT molecular complexity index is 310. The molecule has 0 aliphatic heterocycles. The summed E-state index contributed by atoms with van der Waals surface area (Å²) in [6.45, 7) is 5.35. The van der Waals surface area contributed by atoms with Crippen LogP contribution < -0.4 is 5.32 Å². The molecule has 2 nitrogen and oxygen atoms in total. The van der Waals surface area contributed by atoms with Crippen molar-refractivity contribution in [2.75, 3.05) is 6.61 Å². The smallest absolute Gasteiger partial charge is 0.107 e. The van der Waals surface area contributed by atoms with E-state index < -0.39 is 0 Å². The van der Waals surface area contributed by atoms with Crippen molar-refractivity contribution >= 4 is 38.9 Å². The molecular formula is C11H17BrClNOS. The number of rotatable bonds is 6. The molecule has 0 fully saturated rings. The molecule has 1 heterocycles. The molecule has 0 spiro atoms. The Hall–Kier alpha value is 0.390. The van der Waals surface area contributed by atoms with Gasteiger partial charge in [0, 0.05) is 28.5 Å². The third-order valence-corrected chi connectivity index (χ3v) is 4.95. The molecule has 5 heteroatoms. The lowest BCUT2D eigenvalue weighted by molar-refractivity contribution is 0.244. The quantitative estimate of drug-likeness (QED) is 0.836. The van der Waals surface area contributed by atoms with Crippen molar-refractivity contribution < 1.29 is 5.11 Å². The second kappa shape index (κ2) is 6.97. The minimum Gasteiger partial charge on any atom is -0.396 e. The fraction of sp³-hybridized carbons (Fsp3) is 0.636. The van der Waals surface area contributed by atoms with Gasteiger partial charge in [-0.15, -0.1) is 11.3 Å². The fourth-order valence-electron chi connectivity index (χ4n) is 1.52. The van der Waals surface area contributed by atoms with E-state index in [-0.39, 0.29) is 6.61 Å². The third kappa shape index (κ3) is 4.34. The van der Waals surface area contributed by atoms with Crippen LogP contribution in [0.1, 0.15) is 25.1 Å². The van der Waals surface area contributed by atoms with Crippen LogP contribution >= 0.6 is 38.9 Å². The maximum Gasteiger partial charge on any atom is 0.107 e. The molecule has 1 atom stereocenters. The van der Waals surface area contributed by atoms with Gasteiger partial charge in [-0.1, -0.05) is 25.4 Å². The van der Waals surface area contributed by atoms with Gasteiger partial charge in [0.25, 0.3) is 0 Å². The molecule has 92 valence electrons. The Morgan fingerprint density at radius 1 is 1.56 bits per heavy atom. The van der Waals surface area contributed by atoms with Gasteiger partial charge in [-0.05, 0) is 34.3 Å². The van der Waals surface area contributed by atoms with Crippen LogP contribution in [-0.4, -0.2) is 17.8 Å². The maximum absolute atomic E-state index is 8.96. The van der Waals surface area contributed by atoms with Crippen LogP contribution in [-0.2, 0) is 6.54 Å². The molecule has 16 heavy (non-hydrogen) atoms. The highest BCUT2D eigenvalue weighted by Gasteiger charge is 2.13. The normalized spacial score (nSPS) is 13.4. The molecule has 1 aromatic heterocycles. The zero-order chi connectivity index (χ0) is 12.1. The molecule has 1 unspecified atom stereocenters. The van der Waals surface area contributed by atoms with Crippen LogP contribution in [0.25, 0.3) is 0 Å². The van der Waals surface area contributed by atoms with Crippen LogP contribution in [0.3, 0.4) is 0 Å². The molecule has 0 aliphatic carbocycles. The highest BCUT2D eigenvalue weighted by atomic mass is 79.9. The van der Waals surface area contributed by atoms with E-state index in [1.807, 2.05) is 6.07 Å². The standard InChI is InChI=1S/C11H17BrClNOS/c1-7(2)10(3-4-15)14-6-8-5-9(12)11(13)16-8/h5,7,10,14-15H,3-4,6H2,1-2H3. The van der Waals surface area contributed by atoms with Crippen molar-refractivity contribution in [1.82, 2.24) is 5.32 Å². The minimum absolute atomic E-state index is 0.227. The predicted molar refractivity (Wildman–Crippen MR) is 74.2 cm³/mol. The van der Waals surface area contributed by atoms with Gasteiger partial charge in [0.15, 0.2) is 0 Å². The molecule has 0 bridgehead atoms. The lowest BCUT2D eigenvalue weighted by Crippen LogP contribution is -2.33. The van der Waals surface area contributed by atoms with Crippen LogP contribution in [0.5, 0.6) is 0 Å². The zero-order valence-corrected chi connectivity index (χ0v) is 12.6. The van der Waals surface area contributed by atoms with Crippen LogP contribution in [0.2, 0.25) is 4.34 Å². The molecular weight excluding hydrogens is 310 g/mol. The Kier molecular flexibility index (Phi) is 6.29. The summed E-state index contributed by atoms with van der Waals surface area (Å²) in [7, 11) is 0. The Labute approximate surface area is 114 Å². The van der Waals surface area contributed by atoms with E-state index in [9.17, 15) is 0 Å². The molecule has 0 saturated carbocycles. The lowest BCUT2D eigenvalue weighted by atomic mass is 10.0. The zero-order valence-electron chi connectivity index (χ0n) is 9.46. The number of hydrogen-bond donors (Lipinski definition) is 2. The molecule has 0 amide bonds. The summed E-state index contributed by atoms with van der Waals surface area (Å²) in [6, 6.07) is 2.39. The summed E-state index contributed by atoms with van der Waals surface area (Å²) in [5.74, 6) is 0.519. The van der Waals surface area contributed by atoms with Crippen molar-refractivity contribution in [2.45, 2.75) is 32.9 Å². The topological polar surface area (TPSA) is 32.3 Å². The van der Waals surface area contributed by atoms with Crippen LogP contribution in [0.4, 0.5) is 0 Å². The first-order valence-corrected chi connectivity index (χ1v) is 7.31. The lowest BCUT2D eigenvalue weighted by Gasteiger charge is -2.21. The molecule has 0 saturated heterocycles. The number of nitrogens with one attached hydrogen (secondary N) is 1. The van der Waals surface area contributed by atoms with E-state index in [2.05, 4.69) is 35.1 Å². The Morgan fingerprint density at radius 3 is 2.69 bits per heavy atom. The van der Waals surface area contributed by atoms with E-state index in [0.717, 1.165) is 21.8 Å². The van der Waals surface area contributed by atoms with Gasteiger partial charge < -0.3 is 10.4 Å². The average Bonchev–Trinajstić information content (AvgIpc) is 2.53. The van der Waals surface area contributed by atoms with Gasteiger partial charge in [-0.2, -0.15) is 0 Å². The van der Waals surface area contributed by atoms with Gasteiger partial charge in [0.05, 0.1) is 0 Å². The first-order chi connectivity index (χ1) is 7.54. The van der Waals surface area contributed by atoms with Crippen LogP contribution in [0.15, 0.2) is 10.5 Å². The predicted octanol–water partition coefficient (Wildman–Crippen LogP) is 3.66. The monoisotopic (exact) mass is 325 g/mol. The SMILES string of the molecule is CC(C)C(CCO)NCc1cc(Br)c(Cl)s1. The molecule has 2 N–H and O–H groups in total. The van der Waals surface area contributed by atoms with E-state index >= 15 is 0 Å². The van der Waals surface area contributed by atoms with Gasteiger partial charge in [0.1, 0.15) is 4.34 Å². The second-order valence-electron chi connectivity index (χ2n) is 4.08. The third-order valence-electron chi connectivity index (χ3n) is 2.48. The van der Waals surface area contributed by atoms with E-state index in [1.54, 1.807) is 11.3 Å². The van der Waals surface area contributed by atoms with E-state index in [1.165, 1.54) is 4.88 Å². The maximum atomic E-state index is 8.96. The molecule has 1 aromatic rings. The number of thiophene rings is 1. The van der Waals surface area contributed by atoms with Gasteiger partial charge in [0.2, 0.25) is 0 Å². The summed E-state index contributed by atoms with van der Waals surface area (Å²) in [6.07, 6.45) is 0.790. The van der Waals surface area contributed by atoms with Crippen molar-refractivity contribution in [1.29, 1.82) is 0 Å². The fourth-order valence-corrected chi connectivity index (χ4v) is 3.26. The number of hydrogen-bond acceptors (Lipinski definition) is 3. The molecule has 0 aromatic carbocycles. The molecule has 0 aliphatic rings. The van der Waals surface area contributed by atoms with Crippen molar-refractivity contribution in [3.05, 3.63) is 19.8 Å². The Morgan fingerprint density at radius 2 is 2.25 bits per heavy atom. The Balaban J connectivity index is 2.48. The highest BCUT2D eigenvalue weighted by Crippen LogP contribution is 2.31. The van der Waals surface area contributed by atoms with Crippen molar-refractivity contribution in [3.63, 3.8) is 0 Å². The molecule has 1 rings (SSSR count). The van der Waals surface area contributed by atoms with Crippen molar-refractivity contribution in [2.24, 2.45) is 5.92 Å². The number of halogens is 2. The summed E-state index contributed by atoms with van der Waals surface area (Å²) >= 11 is 10.9. The first-order valence-electron chi connectivity index (χ1n) is 5.32. The summed E-state index contributed by atoms with van der Waals surface area (Å²) in [4.78, 5) is 1.21. The minimum atomic E-state index is 0.227. The average molecular weight is 327 g/mol. The highest BCUT2D eigenvalue weighted by molar-refractivity contribution is 9.10. The molecule has 0 radical (unpaired) electrons. The van der Waals surface area contributed by atoms with E-state index in [4.69, 9.17) is 16.7 Å². The summed E-state index contributed by atoms with van der Waals surface area (Å²) < 4.78 is 1.75. The first kappa shape index (κ1) is 14.5. The van der Waals surface area contributed by atoms with Crippen LogP contribution in [0, 0.1) is 5.92 Å². The second-order valence-corrected chi connectivity index (χ2v) is 6.67. The van der Waals surface area contributed by atoms with Gasteiger partial charge in [-0.25, -0.2) is 0 Å². The van der Waals surface area contributed by atoms with Crippen molar-refractivity contribution in [3.8, 4) is 0 Å².